The molecule has 3 aromatic rings. The van der Waals surface area contributed by atoms with Gasteiger partial charge in [0.2, 0.25) is 16.0 Å². The summed E-state index contributed by atoms with van der Waals surface area (Å²) in [4.78, 5) is 9.27. The first-order valence-electron chi connectivity index (χ1n) is 8.78. The van der Waals surface area contributed by atoms with Gasteiger partial charge in [0.15, 0.2) is 0 Å². The average molecular weight is 470 g/mol. The first-order chi connectivity index (χ1) is 14.6. The number of hydrogen-bond acceptors (Lipinski definition) is 7. The predicted molar refractivity (Wildman–Crippen MR) is 115 cm³/mol. The van der Waals surface area contributed by atoms with Gasteiger partial charge in [-0.25, -0.2) is 18.1 Å². The standard InChI is InChI=1S/C19H18F3N5O2S2/c1-23-31(28,29)14-7-8-16(30-2)15(11-14)26-18-24-10-9-17(27-18)25-13-5-3-12(4-6-13)19(20,21)22/h3-11,23H,1-2H3,(H2,24,25,26,27). The SMILES string of the molecule is CNS(=O)(=O)c1ccc(SC)c(Nc2nccc(Nc3ccc(C(F)(F)F)cc3)n2)c1. The fourth-order valence-electron chi connectivity index (χ4n) is 2.57. The Kier molecular flexibility index (Phi) is 6.72. The molecule has 3 N–H and O–H groups in total. The molecular weight excluding hydrogens is 451 g/mol. The molecule has 0 aliphatic heterocycles. The van der Waals surface area contributed by atoms with Crippen molar-refractivity contribution in [1.29, 1.82) is 0 Å². The molecule has 0 bridgehead atoms. The Labute approximate surface area is 181 Å². The number of halogens is 3. The van der Waals surface area contributed by atoms with E-state index in [1.54, 1.807) is 12.1 Å². The van der Waals surface area contributed by atoms with Crippen molar-refractivity contribution >= 4 is 44.9 Å². The fourth-order valence-corrected chi connectivity index (χ4v) is 3.86. The van der Waals surface area contributed by atoms with E-state index in [0.717, 1.165) is 17.0 Å². The van der Waals surface area contributed by atoms with Gasteiger partial charge in [-0.1, -0.05) is 0 Å². The lowest BCUT2D eigenvalue weighted by Crippen LogP contribution is -2.18. The second-order valence-corrected chi connectivity index (χ2v) is 8.89. The van der Waals surface area contributed by atoms with Crippen molar-refractivity contribution in [3.05, 3.63) is 60.3 Å². The van der Waals surface area contributed by atoms with Gasteiger partial charge in [-0.15, -0.1) is 11.8 Å². The van der Waals surface area contributed by atoms with Crippen LogP contribution in [-0.4, -0.2) is 31.7 Å². The van der Waals surface area contributed by atoms with E-state index in [0.29, 0.717) is 17.2 Å². The molecule has 164 valence electrons. The van der Waals surface area contributed by atoms with Crippen LogP contribution >= 0.6 is 11.8 Å². The van der Waals surface area contributed by atoms with Crippen molar-refractivity contribution in [2.45, 2.75) is 16.0 Å². The fraction of sp³-hybridized carbons (Fsp3) is 0.158. The molecule has 12 heteroatoms. The normalized spacial score (nSPS) is 11.9. The molecule has 0 atom stereocenters. The summed E-state index contributed by atoms with van der Waals surface area (Å²) in [6, 6.07) is 10.7. The molecule has 0 unspecified atom stereocenters. The van der Waals surface area contributed by atoms with Crippen LogP contribution in [0, 0.1) is 0 Å². The second-order valence-electron chi connectivity index (χ2n) is 6.16. The molecule has 0 saturated carbocycles. The number of anilines is 4. The molecule has 0 fully saturated rings. The van der Waals surface area contributed by atoms with E-state index < -0.39 is 21.8 Å². The molecule has 7 nitrogen and oxygen atoms in total. The Morgan fingerprint density at radius 1 is 1.00 bits per heavy atom. The number of thioether (sulfide) groups is 1. The summed E-state index contributed by atoms with van der Waals surface area (Å²) >= 11 is 1.41. The van der Waals surface area contributed by atoms with E-state index in [1.807, 2.05) is 6.26 Å². The summed E-state index contributed by atoms with van der Waals surface area (Å²) in [6.07, 6.45) is -1.10. The Morgan fingerprint density at radius 3 is 2.32 bits per heavy atom. The van der Waals surface area contributed by atoms with E-state index in [9.17, 15) is 21.6 Å². The van der Waals surface area contributed by atoms with Gasteiger partial charge in [-0.05, 0) is 61.8 Å². The molecule has 1 aromatic heterocycles. The highest BCUT2D eigenvalue weighted by Gasteiger charge is 2.29. The molecule has 2 aromatic carbocycles. The second kappa shape index (κ2) is 9.12. The highest BCUT2D eigenvalue weighted by molar-refractivity contribution is 7.98. The summed E-state index contributed by atoms with van der Waals surface area (Å²) in [5, 5.41) is 5.90. The number of nitrogens with one attached hydrogen (secondary N) is 3. The first-order valence-corrected chi connectivity index (χ1v) is 11.5. The first kappa shape index (κ1) is 22.8. The van der Waals surface area contributed by atoms with Gasteiger partial charge in [0, 0.05) is 16.8 Å². The third-order valence-corrected chi connectivity index (χ3v) is 6.34. The molecule has 0 spiro atoms. The van der Waals surface area contributed by atoms with E-state index in [4.69, 9.17) is 0 Å². The van der Waals surface area contributed by atoms with Crippen LogP contribution in [0.3, 0.4) is 0 Å². The van der Waals surface area contributed by atoms with Gasteiger partial charge in [0.1, 0.15) is 5.82 Å². The monoisotopic (exact) mass is 469 g/mol. The molecule has 0 saturated heterocycles. The van der Waals surface area contributed by atoms with Gasteiger partial charge in [0.05, 0.1) is 16.1 Å². The Morgan fingerprint density at radius 2 is 1.71 bits per heavy atom. The van der Waals surface area contributed by atoms with E-state index in [2.05, 4.69) is 25.3 Å². The lowest BCUT2D eigenvalue weighted by molar-refractivity contribution is -0.137. The number of alkyl halides is 3. The van der Waals surface area contributed by atoms with Gasteiger partial charge < -0.3 is 10.6 Å². The van der Waals surface area contributed by atoms with Crippen molar-refractivity contribution in [1.82, 2.24) is 14.7 Å². The minimum absolute atomic E-state index is 0.0781. The van der Waals surface area contributed by atoms with Crippen LogP contribution in [0.15, 0.2) is 64.5 Å². The lowest BCUT2D eigenvalue weighted by Gasteiger charge is -2.13. The molecule has 31 heavy (non-hydrogen) atoms. The highest BCUT2D eigenvalue weighted by Crippen LogP contribution is 2.31. The van der Waals surface area contributed by atoms with E-state index in [-0.39, 0.29) is 10.8 Å². The van der Waals surface area contributed by atoms with Gasteiger partial charge >= 0.3 is 6.18 Å². The van der Waals surface area contributed by atoms with E-state index >= 15 is 0 Å². The summed E-state index contributed by atoms with van der Waals surface area (Å²) in [5.74, 6) is 0.535. The number of rotatable bonds is 7. The van der Waals surface area contributed by atoms with Crippen molar-refractivity contribution < 1.29 is 21.6 Å². The van der Waals surface area contributed by atoms with Crippen LogP contribution in [0.2, 0.25) is 0 Å². The molecular formula is C19H18F3N5O2S2. The van der Waals surface area contributed by atoms with Crippen molar-refractivity contribution in [2.75, 3.05) is 23.9 Å². The average Bonchev–Trinajstić information content (AvgIpc) is 2.73. The largest absolute Gasteiger partial charge is 0.416 e. The van der Waals surface area contributed by atoms with Gasteiger partial charge in [-0.2, -0.15) is 18.2 Å². The predicted octanol–water partition coefficient (Wildman–Crippen LogP) is 4.61. The number of benzene rings is 2. The van der Waals surface area contributed by atoms with Crippen molar-refractivity contribution in [2.24, 2.45) is 0 Å². The molecule has 0 radical (unpaired) electrons. The zero-order chi connectivity index (χ0) is 22.6. The molecule has 1 heterocycles. The lowest BCUT2D eigenvalue weighted by atomic mass is 10.2. The molecule has 0 aliphatic carbocycles. The Hall–Kier alpha value is -2.83. The zero-order valence-corrected chi connectivity index (χ0v) is 18.0. The smallest absolute Gasteiger partial charge is 0.340 e. The molecule has 0 amide bonds. The van der Waals surface area contributed by atoms with Crippen molar-refractivity contribution in [3.8, 4) is 0 Å². The highest BCUT2D eigenvalue weighted by atomic mass is 32.2. The third kappa shape index (κ3) is 5.66. The maximum absolute atomic E-state index is 12.7. The van der Waals surface area contributed by atoms with Gasteiger partial charge in [-0.3, -0.25) is 0 Å². The number of aromatic nitrogens is 2. The number of sulfonamides is 1. The van der Waals surface area contributed by atoms with E-state index in [1.165, 1.54) is 49.3 Å². The topological polar surface area (TPSA) is 96.0 Å². The quantitative estimate of drug-likeness (QED) is 0.435. The Bertz CT molecular complexity index is 1170. The Balaban J connectivity index is 1.83. The number of nitrogens with zero attached hydrogens (tertiary/aromatic N) is 2. The minimum atomic E-state index is -4.41. The minimum Gasteiger partial charge on any atom is -0.340 e. The van der Waals surface area contributed by atoms with Crippen LogP contribution in [0.25, 0.3) is 0 Å². The van der Waals surface area contributed by atoms with Crippen LogP contribution < -0.4 is 15.4 Å². The summed E-state index contributed by atoms with van der Waals surface area (Å²) in [6.45, 7) is 0. The van der Waals surface area contributed by atoms with Crippen LogP contribution in [-0.2, 0) is 16.2 Å². The maximum Gasteiger partial charge on any atom is 0.416 e. The van der Waals surface area contributed by atoms with Gasteiger partial charge in [0.25, 0.3) is 0 Å². The third-order valence-electron chi connectivity index (χ3n) is 4.14. The van der Waals surface area contributed by atoms with Crippen molar-refractivity contribution in [3.63, 3.8) is 0 Å². The van der Waals surface area contributed by atoms with Crippen LogP contribution in [0.5, 0.6) is 0 Å². The number of hydrogen-bond donors (Lipinski definition) is 3. The summed E-state index contributed by atoms with van der Waals surface area (Å²) in [7, 11) is -2.31. The summed E-state index contributed by atoms with van der Waals surface area (Å²) < 4.78 is 64.5. The molecule has 0 aliphatic rings. The van der Waals surface area contributed by atoms with Crippen LogP contribution in [0.4, 0.5) is 36.3 Å². The van der Waals surface area contributed by atoms with Crippen LogP contribution in [0.1, 0.15) is 5.56 Å². The summed E-state index contributed by atoms with van der Waals surface area (Å²) in [5.41, 5.74) is 0.171. The molecule has 3 rings (SSSR count). The maximum atomic E-state index is 12.7. The zero-order valence-electron chi connectivity index (χ0n) is 16.4.